The second kappa shape index (κ2) is 3.63. The zero-order chi connectivity index (χ0) is 9.97. The van der Waals surface area contributed by atoms with Gasteiger partial charge in [0.2, 0.25) is 5.12 Å². The Labute approximate surface area is 86.0 Å². The average molecular weight is 205 g/mol. The molecule has 0 aliphatic rings. The molecule has 0 aliphatic heterocycles. The lowest BCUT2D eigenvalue weighted by Gasteiger charge is -2.00. The van der Waals surface area contributed by atoms with E-state index in [0.29, 0.717) is 5.56 Å². The summed E-state index contributed by atoms with van der Waals surface area (Å²) in [6.45, 7) is 0. The highest BCUT2D eigenvalue weighted by molar-refractivity contribution is 7.97. The monoisotopic (exact) mass is 205 g/mol. The fraction of sp³-hybridized carbons (Fsp3) is 0. The molecule has 0 radical (unpaired) electrons. The second-order valence-corrected chi connectivity index (χ2v) is 3.10. The third-order valence-electron chi connectivity index (χ3n) is 1.80. The quantitative estimate of drug-likeness (QED) is 0.752. The minimum atomic E-state index is -0.241. The molecular formula is C9H7N3OS. The zero-order valence-electron chi connectivity index (χ0n) is 7.16. The third kappa shape index (κ3) is 1.67. The summed E-state index contributed by atoms with van der Waals surface area (Å²) >= 11 is 3.72. The molecule has 0 unspecified atom stereocenters. The van der Waals surface area contributed by atoms with Crippen LogP contribution in [-0.4, -0.2) is 19.9 Å². The molecule has 0 atom stereocenters. The Balaban J connectivity index is 2.36. The van der Waals surface area contributed by atoms with Gasteiger partial charge in [0.25, 0.3) is 0 Å². The SMILES string of the molecule is O=C(S)c1ccc(-n2cncn2)cc1. The van der Waals surface area contributed by atoms with Crippen LogP contribution in [-0.2, 0) is 0 Å². The number of thiol groups is 1. The first-order valence-corrected chi connectivity index (χ1v) is 4.40. The van der Waals surface area contributed by atoms with E-state index >= 15 is 0 Å². The van der Waals surface area contributed by atoms with E-state index in [2.05, 4.69) is 22.7 Å². The Morgan fingerprint density at radius 1 is 1.29 bits per heavy atom. The van der Waals surface area contributed by atoms with Crippen LogP contribution in [0.4, 0.5) is 0 Å². The van der Waals surface area contributed by atoms with Crippen molar-refractivity contribution in [2.45, 2.75) is 0 Å². The summed E-state index contributed by atoms with van der Waals surface area (Å²) in [4.78, 5) is 14.7. The van der Waals surface area contributed by atoms with Crippen molar-refractivity contribution in [2.24, 2.45) is 0 Å². The van der Waals surface area contributed by atoms with Gasteiger partial charge < -0.3 is 0 Å². The number of rotatable bonds is 2. The lowest BCUT2D eigenvalue weighted by molar-refractivity contribution is 0.109. The minimum Gasteiger partial charge on any atom is -0.282 e. The van der Waals surface area contributed by atoms with E-state index in [1.165, 1.54) is 6.33 Å². The summed E-state index contributed by atoms with van der Waals surface area (Å²) in [5.74, 6) is 0. The molecule has 5 heteroatoms. The number of carbonyl (C=O) groups is 1. The fourth-order valence-electron chi connectivity index (χ4n) is 1.10. The van der Waals surface area contributed by atoms with E-state index in [0.717, 1.165) is 5.69 Å². The van der Waals surface area contributed by atoms with Crippen LogP contribution in [0.1, 0.15) is 10.4 Å². The minimum absolute atomic E-state index is 0.241. The van der Waals surface area contributed by atoms with E-state index < -0.39 is 0 Å². The fourth-order valence-corrected chi connectivity index (χ4v) is 1.25. The number of nitrogens with zero attached hydrogens (tertiary/aromatic N) is 3. The van der Waals surface area contributed by atoms with Crippen LogP contribution in [0, 0.1) is 0 Å². The molecule has 0 N–H and O–H groups in total. The number of benzene rings is 1. The summed E-state index contributed by atoms with van der Waals surface area (Å²) in [6, 6.07) is 6.98. The van der Waals surface area contributed by atoms with Crippen LogP contribution < -0.4 is 0 Å². The Bertz CT molecular complexity index is 436. The maximum absolute atomic E-state index is 10.9. The van der Waals surface area contributed by atoms with Crippen LogP contribution in [0.2, 0.25) is 0 Å². The van der Waals surface area contributed by atoms with Crippen LogP contribution >= 0.6 is 12.6 Å². The Morgan fingerprint density at radius 2 is 2.00 bits per heavy atom. The number of aromatic nitrogens is 3. The molecule has 0 saturated heterocycles. The van der Waals surface area contributed by atoms with Gasteiger partial charge in [0.15, 0.2) is 0 Å². The lowest BCUT2D eigenvalue weighted by atomic mass is 10.2. The van der Waals surface area contributed by atoms with Crippen LogP contribution in [0.5, 0.6) is 0 Å². The van der Waals surface area contributed by atoms with Crippen LogP contribution in [0.25, 0.3) is 5.69 Å². The summed E-state index contributed by atoms with van der Waals surface area (Å²) in [7, 11) is 0. The molecule has 0 bridgehead atoms. The molecule has 0 amide bonds. The van der Waals surface area contributed by atoms with Crippen LogP contribution in [0.15, 0.2) is 36.9 Å². The first-order chi connectivity index (χ1) is 6.77. The van der Waals surface area contributed by atoms with Gasteiger partial charge in [-0.25, -0.2) is 9.67 Å². The molecule has 2 rings (SSSR count). The maximum atomic E-state index is 10.9. The Morgan fingerprint density at radius 3 is 2.50 bits per heavy atom. The molecule has 1 aromatic heterocycles. The largest absolute Gasteiger partial charge is 0.282 e. The Kier molecular flexibility index (Phi) is 2.32. The van der Waals surface area contributed by atoms with Crippen molar-refractivity contribution in [2.75, 3.05) is 0 Å². The molecule has 1 aromatic carbocycles. The van der Waals surface area contributed by atoms with Crippen molar-refractivity contribution in [1.82, 2.24) is 14.8 Å². The Hall–Kier alpha value is -1.62. The summed E-state index contributed by atoms with van der Waals surface area (Å²) in [5, 5.41) is 3.72. The molecule has 14 heavy (non-hydrogen) atoms. The first-order valence-electron chi connectivity index (χ1n) is 3.96. The predicted molar refractivity (Wildman–Crippen MR) is 54.7 cm³/mol. The van der Waals surface area contributed by atoms with Gasteiger partial charge >= 0.3 is 0 Å². The molecule has 70 valence electrons. The summed E-state index contributed by atoms with van der Waals surface area (Å²) in [5.41, 5.74) is 1.43. The molecule has 0 fully saturated rings. The van der Waals surface area contributed by atoms with E-state index in [9.17, 15) is 4.79 Å². The lowest BCUT2D eigenvalue weighted by Crippen LogP contribution is -1.95. The van der Waals surface area contributed by atoms with Crippen molar-refractivity contribution < 1.29 is 4.79 Å². The second-order valence-electron chi connectivity index (χ2n) is 2.69. The van der Waals surface area contributed by atoms with Gasteiger partial charge in [-0.1, -0.05) is 0 Å². The molecule has 0 aliphatic carbocycles. The standard InChI is InChI=1S/C9H7N3OS/c13-9(14)7-1-3-8(4-2-7)12-6-10-5-11-12/h1-6H,(H,13,14). The molecule has 1 heterocycles. The maximum Gasteiger partial charge on any atom is 0.216 e. The molecule has 2 aromatic rings. The van der Waals surface area contributed by atoms with Gasteiger partial charge in [-0.2, -0.15) is 5.10 Å². The normalized spacial score (nSPS) is 10.1. The highest BCUT2D eigenvalue weighted by atomic mass is 32.1. The van der Waals surface area contributed by atoms with Crippen molar-refractivity contribution in [3.05, 3.63) is 42.5 Å². The summed E-state index contributed by atoms with van der Waals surface area (Å²) < 4.78 is 1.62. The van der Waals surface area contributed by atoms with Gasteiger partial charge in [0.05, 0.1) is 5.69 Å². The van der Waals surface area contributed by atoms with Gasteiger partial charge in [-0.3, -0.25) is 4.79 Å². The van der Waals surface area contributed by atoms with Gasteiger partial charge in [0.1, 0.15) is 12.7 Å². The van der Waals surface area contributed by atoms with E-state index in [1.54, 1.807) is 35.3 Å². The van der Waals surface area contributed by atoms with E-state index in [1.807, 2.05) is 0 Å². The molecule has 0 spiro atoms. The molecular weight excluding hydrogens is 198 g/mol. The molecule has 4 nitrogen and oxygen atoms in total. The van der Waals surface area contributed by atoms with Crippen molar-refractivity contribution in [3.8, 4) is 5.69 Å². The van der Waals surface area contributed by atoms with Gasteiger partial charge in [-0.05, 0) is 24.3 Å². The van der Waals surface area contributed by atoms with Crippen molar-refractivity contribution in [3.63, 3.8) is 0 Å². The molecule has 0 saturated carbocycles. The highest BCUT2D eigenvalue weighted by Gasteiger charge is 2.00. The van der Waals surface area contributed by atoms with Crippen molar-refractivity contribution in [1.29, 1.82) is 0 Å². The predicted octanol–water partition coefficient (Wildman–Crippen LogP) is 1.34. The van der Waals surface area contributed by atoms with Gasteiger partial charge in [0, 0.05) is 5.56 Å². The summed E-state index contributed by atoms with van der Waals surface area (Å²) in [6.07, 6.45) is 3.05. The smallest absolute Gasteiger partial charge is 0.216 e. The van der Waals surface area contributed by atoms with E-state index in [4.69, 9.17) is 0 Å². The first kappa shape index (κ1) is 8.96. The topological polar surface area (TPSA) is 47.8 Å². The number of hydrogen-bond acceptors (Lipinski definition) is 3. The average Bonchev–Trinajstić information content (AvgIpc) is 2.71. The van der Waals surface area contributed by atoms with Crippen LogP contribution in [0.3, 0.4) is 0 Å². The zero-order valence-corrected chi connectivity index (χ0v) is 8.06. The van der Waals surface area contributed by atoms with Crippen molar-refractivity contribution >= 4 is 17.7 Å². The number of carbonyl (C=O) groups excluding carboxylic acids is 1. The van der Waals surface area contributed by atoms with Gasteiger partial charge in [-0.15, -0.1) is 12.6 Å². The number of hydrogen-bond donors (Lipinski definition) is 1. The van der Waals surface area contributed by atoms with E-state index in [-0.39, 0.29) is 5.12 Å². The third-order valence-corrected chi connectivity index (χ3v) is 2.06. The highest BCUT2D eigenvalue weighted by Crippen LogP contribution is 2.09.